The summed E-state index contributed by atoms with van der Waals surface area (Å²) in [4.78, 5) is 7.24. The summed E-state index contributed by atoms with van der Waals surface area (Å²) in [6.07, 6.45) is 2.38. The van der Waals surface area contributed by atoms with E-state index in [1.165, 1.54) is 18.5 Å². The molecular weight excluding hydrogens is 312 g/mol. The van der Waals surface area contributed by atoms with Gasteiger partial charge in [0.1, 0.15) is 0 Å². The van der Waals surface area contributed by atoms with Crippen LogP contribution in [0.1, 0.15) is 38.2 Å². The highest BCUT2D eigenvalue weighted by molar-refractivity contribution is 5.79. The van der Waals surface area contributed by atoms with Crippen LogP contribution >= 0.6 is 0 Å². The summed E-state index contributed by atoms with van der Waals surface area (Å²) in [5.41, 5.74) is 1.34. The number of rotatable bonds is 9. The van der Waals surface area contributed by atoms with Crippen molar-refractivity contribution in [2.24, 2.45) is 4.99 Å². The summed E-state index contributed by atoms with van der Waals surface area (Å²) in [5, 5.41) is 6.80. The molecule has 5 heteroatoms. The van der Waals surface area contributed by atoms with E-state index in [-0.39, 0.29) is 0 Å². The lowest BCUT2D eigenvalue weighted by atomic mass is 10.0. The highest BCUT2D eigenvalue weighted by atomic mass is 16.5. The number of morpholine rings is 1. The van der Waals surface area contributed by atoms with Crippen molar-refractivity contribution in [1.82, 2.24) is 15.5 Å². The van der Waals surface area contributed by atoms with E-state index in [9.17, 15) is 0 Å². The van der Waals surface area contributed by atoms with Crippen LogP contribution in [0, 0.1) is 0 Å². The number of benzene rings is 1. The van der Waals surface area contributed by atoms with E-state index in [2.05, 4.69) is 59.7 Å². The number of ether oxygens (including phenoxy) is 1. The van der Waals surface area contributed by atoms with Gasteiger partial charge in [-0.2, -0.15) is 0 Å². The largest absolute Gasteiger partial charge is 0.379 e. The first-order chi connectivity index (χ1) is 12.3. The van der Waals surface area contributed by atoms with Gasteiger partial charge in [-0.3, -0.25) is 9.89 Å². The van der Waals surface area contributed by atoms with Gasteiger partial charge in [0.2, 0.25) is 0 Å². The number of unbranched alkanes of at least 4 members (excludes halogenated alkanes) is 1. The summed E-state index contributed by atoms with van der Waals surface area (Å²) in [7, 11) is 0. The first kappa shape index (κ1) is 19.7. The van der Waals surface area contributed by atoms with E-state index in [1.54, 1.807) is 0 Å². The van der Waals surface area contributed by atoms with Gasteiger partial charge in [-0.25, -0.2) is 0 Å². The minimum absolute atomic E-state index is 0.429. The molecule has 1 atom stereocenters. The lowest BCUT2D eigenvalue weighted by Crippen LogP contribution is -2.39. The van der Waals surface area contributed by atoms with E-state index in [0.29, 0.717) is 5.92 Å². The van der Waals surface area contributed by atoms with E-state index in [0.717, 1.165) is 58.3 Å². The molecule has 1 unspecified atom stereocenters. The molecule has 1 aromatic rings. The van der Waals surface area contributed by atoms with Crippen molar-refractivity contribution in [3.63, 3.8) is 0 Å². The van der Waals surface area contributed by atoms with Gasteiger partial charge in [-0.15, -0.1) is 0 Å². The molecule has 0 aliphatic carbocycles. The maximum atomic E-state index is 5.39. The van der Waals surface area contributed by atoms with Gasteiger partial charge in [0.25, 0.3) is 0 Å². The molecule has 0 radical (unpaired) electrons. The van der Waals surface area contributed by atoms with Gasteiger partial charge in [-0.05, 0) is 31.9 Å². The predicted octanol–water partition coefficient (Wildman–Crippen LogP) is 2.46. The Morgan fingerprint density at radius 3 is 2.64 bits per heavy atom. The van der Waals surface area contributed by atoms with Crippen LogP contribution in [0.4, 0.5) is 0 Å². The molecular formula is C20H34N4O. The van der Waals surface area contributed by atoms with E-state index in [4.69, 9.17) is 9.73 Å². The molecule has 1 aromatic carbocycles. The summed E-state index contributed by atoms with van der Waals surface area (Å²) >= 11 is 0. The van der Waals surface area contributed by atoms with E-state index in [1.807, 2.05) is 0 Å². The van der Waals surface area contributed by atoms with Crippen LogP contribution in [0.25, 0.3) is 0 Å². The van der Waals surface area contributed by atoms with Gasteiger partial charge in [0.15, 0.2) is 5.96 Å². The second-order valence-corrected chi connectivity index (χ2v) is 6.62. The average molecular weight is 347 g/mol. The molecule has 1 saturated heterocycles. The molecule has 0 aromatic heterocycles. The van der Waals surface area contributed by atoms with Crippen molar-refractivity contribution in [1.29, 1.82) is 0 Å². The summed E-state index contributed by atoms with van der Waals surface area (Å²) in [6.45, 7) is 12.1. The highest BCUT2D eigenvalue weighted by Gasteiger charge is 2.09. The van der Waals surface area contributed by atoms with Crippen molar-refractivity contribution < 1.29 is 4.74 Å². The third-order valence-electron chi connectivity index (χ3n) is 4.53. The first-order valence-electron chi connectivity index (χ1n) is 9.67. The Morgan fingerprint density at radius 2 is 1.92 bits per heavy atom. The number of nitrogens with zero attached hydrogens (tertiary/aromatic N) is 2. The minimum atomic E-state index is 0.429. The monoisotopic (exact) mass is 346 g/mol. The Kier molecular flexibility index (Phi) is 9.37. The van der Waals surface area contributed by atoms with Crippen molar-refractivity contribution in [2.75, 3.05) is 52.5 Å². The van der Waals surface area contributed by atoms with Gasteiger partial charge < -0.3 is 15.4 Å². The second kappa shape index (κ2) is 11.9. The fourth-order valence-electron chi connectivity index (χ4n) is 2.95. The molecule has 2 N–H and O–H groups in total. The molecule has 0 saturated carbocycles. The number of hydrogen-bond acceptors (Lipinski definition) is 3. The molecule has 25 heavy (non-hydrogen) atoms. The normalized spacial score (nSPS) is 17.3. The molecule has 0 bridgehead atoms. The van der Waals surface area contributed by atoms with Crippen molar-refractivity contribution >= 4 is 5.96 Å². The quantitative estimate of drug-likeness (QED) is 0.410. The maximum Gasteiger partial charge on any atom is 0.191 e. The fraction of sp³-hybridized carbons (Fsp3) is 0.650. The first-order valence-corrected chi connectivity index (χ1v) is 9.67. The fourth-order valence-corrected chi connectivity index (χ4v) is 2.95. The summed E-state index contributed by atoms with van der Waals surface area (Å²) < 4.78 is 5.39. The van der Waals surface area contributed by atoms with Crippen LogP contribution in [-0.2, 0) is 4.74 Å². The van der Waals surface area contributed by atoms with Gasteiger partial charge in [0.05, 0.1) is 13.2 Å². The topological polar surface area (TPSA) is 48.9 Å². The Balaban J connectivity index is 1.66. The number of guanidine groups is 1. The Hall–Kier alpha value is -1.59. The molecule has 2 rings (SSSR count). The van der Waals surface area contributed by atoms with Gasteiger partial charge >= 0.3 is 0 Å². The third-order valence-corrected chi connectivity index (χ3v) is 4.53. The Bertz CT molecular complexity index is 486. The minimum Gasteiger partial charge on any atom is -0.379 e. The second-order valence-electron chi connectivity index (χ2n) is 6.62. The Labute approximate surface area is 152 Å². The van der Waals surface area contributed by atoms with Crippen LogP contribution in [0.2, 0.25) is 0 Å². The summed E-state index contributed by atoms with van der Waals surface area (Å²) in [6, 6.07) is 10.6. The van der Waals surface area contributed by atoms with Gasteiger partial charge in [0, 0.05) is 38.6 Å². The zero-order valence-electron chi connectivity index (χ0n) is 15.8. The lowest BCUT2D eigenvalue weighted by Gasteiger charge is -2.26. The molecule has 5 nitrogen and oxygen atoms in total. The van der Waals surface area contributed by atoms with Crippen LogP contribution in [0.15, 0.2) is 35.3 Å². The molecule has 1 heterocycles. The standard InChI is InChI=1S/C20H34N4O/c1-3-21-20(23-17-18(2)19-9-5-4-6-10-19)22-11-7-8-12-24-13-15-25-16-14-24/h4-6,9-10,18H,3,7-8,11-17H2,1-2H3,(H2,21,22,23). The zero-order valence-corrected chi connectivity index (χ0v) is 15.8. The molecule has 1 aliphatic heterocycles. The lowest BCUT2D eigenvalue weighted by molar-refractivity contribution is 0.0372. The number of nitrogens with one attached hydrogen (secondary N) is 2. The molecule has 0 spiro atoms. The van der Waals surface area contributed by atoms with E-state index < -0.39 is 0 Å². The van der Waals surface area contributed by atoms with Gasteiger partial charge in [-0.1, -0.05) is 37.3 Å². The predicted molar refractivity (Wildman–Crippen MR) is 105 cm³/mol. The highest BCUT2D eigenvalue weighted by Crippen LogP contribution is 2.14. The molecule has 0 amide bonds. The molecule has 1 aliphatic rings. The summed E-state index contributed by atoms with van der Waals surface area (Å²) in [5.74, 6) is 1.36. The van der Waals surface area contributed by atoms with Crippen molar-refractivity contribution in [3.05, 3.63) is 35.9 Å². The van der Waals surface area contributed by atoms with Crippen LogP contribution in [0.5, 0.6) is 0 Å². The van der Waals surface area contributed by atoms with Crippen molar-refractivity contribution in [2.45, 2.75) is 32.6 Å². The zero-order chi connectivity index (χ0) is 17.7. The average Bonchev–Trinajstić information content (AvgIpc) is 2.67. The maximum absolute atomic E-state index is 5.39. The molecule has 140 valence electrons. The third kappa shape index (κ3) is 7.88. The Morgan fingerprint density at radius 1 is 1.16 bits per heavy atom. The number of hydrogen-bond donors (Lipinski definition) is 2. The molecule has 1 fully saturated rings. The van der Waals surface area contributed by atoms with Crippen molar-refractivity contribution in [3.8, 4) is 0 Å². The smallest absolute Gasteiger partial charge is 0.191 e. The van der Waals surface area contributed by atoms with Crippen LogP contribution in [0.3, 0.4) is 0 Å². The van der Waals surface area contributed by atoms with Crippen LogP contribution in [-0.4, -0.2) is 63.3 Å². The van der Waals surface area contributed by atoms with Crippen LogP contribution < -0.4 is 10.6 Å². The number of aliphatic imine (C=N–C) groups is 1. The van der Waals surface area contributed by atoms with E-state index >= 15 is 0 Å². The SMILES string of the molecule is CCNC(=NCC(C)c1ccccc1)NCCCCN1CCOCC1.